The number of rotatable bonds is 2. The third-order valence-corrected chi connectivity index (χ3v) is 2.81. The third-order valence-electron chi connectivity index (χ3n) is 2.81. The normalized spacial score (nSPS) is 13.3. The summed E-state index contributed by atoms with van der Waals surface area (Å²) in [6.45, 7) is 0.909. The molecule has 0 aromatic heterocycles. The minimum atomic E-state index is -0.711. The van der Waals surface area contributed by atoms with Gasteiger partial charge in [-0.05, 0) is 24.1 Å². The Hall–Kier alpha value is -1.95. The minimum absolute atomic E-state index is 0.244. The van der Waals surface area contributed by atoms with E-state index in [-0.39, 0.29) is 13.1 Å². The van der Waals surface area contributed by atoms with Gasteiger partial charge >= 0.3 is 11.8 Å². The van der Waals surface area contributed by atoms with Crippen LogP contribution in [-0.2, 0) is 16.0 Å². The van der Waals surface area contributed by atoms with E-state index in [0.717, 1.165) is 5.56 Å². The molecule has 2 rings (SSSR count). The zero-order valence-electron chi connectivity index (χ0n) is 9.78. The monoisotopic (exact) mass is 251 g/mol. The van der Waals surface area contributed by atoms with Gasteiger partial charge in [0, 0.05) is 19.6 Å². The van der Waals surface area contributed by atoms with Crippen molar-refractivity contribution in [3.63, 3.8) is 0 Å². The van der Waals surface area contributed by atoms with Crippen LogP contribution < -0.4 is 16.0 Å². The van der Waals surface area contributed by atoms with Gasteiger partial charge in [0.05, 0.1) is 5.69 Å². The molecule has 0 radical (unpaired) electrons. The molecule has 0 saturated heterocycles. The van der Waals surface area contributed by atoms with Crippen LogP contribution in [-0.4, -0.2) is 31.4 Å². The average Bonchev–Trinajstić information content (AvgIpc) is 2.77. The van der Waals surface area contributed by atoms with Crippen molar-refractivity contribution in [1.82, 2.24) is 5.32 Å². The molecule has 0 fully saturated rings. The number of carbonyl (C=O) groups excluding carboxylic acids is 2. The number of nitrogens with one attached hydrogen (secondary N) is 1. The fourth-order valence-corrected chi connectivity index (χ4v) is 1.95. The lowest BCUT2D eigenvalue weighted by Crippen LogP contribution is -2.43. The van der Waals surface area contributed by atoms with E-state index in [4.69, 9.17) is 5.73 Å². The fraction of sp³-hybridized carbons (Fsp3) is 0.333. The number of hydrogen-bond donors (Lipinski definition) is 2. The highest BCUT2D eigenvalue weighted by Gasteiger charge is 2.29. The Labute approximate surface area is 104 Å². The number of benzene rings is 1. The number of hydrogen-bond acceptors (Lipinski definition) is 3. The predicted octanol–water partition coefficient (Wildman–Crippen LogP) is -0.210. The molecular weight excluding hydrogens is 237 g/mol. The largest absolute Gasteiger partial charge is 0.347 e. The molecule has 18 heavy (non-hydrogen) atoms. The van der Waals surface area contributed by atoms with Crippen LogP contribution in [0, 0.1) is 5.82 Å². The molecule has 0 unspecified atom stereocenters. The molecule has 1 aliphatic rings. The van der Waals surface area contributed by atoms with Crippen LogP contribution in [0.4, 0.5) is 10.1 Å². The zero-order valence-corrected chi connectivity index (χ0v) is 9.78. The maximum Gasteiger partial charge on any atom is 0.316 e. The van der Waals surface area contributed by atoms with E-state index in [2.05, 4.69) is 5.32 Å². The summed E-state index contributed by atoms with van der Waals surface area (Å²) in [5.41, 5.74) is 6.58. The van der Waals surface area contributed by atoms with Crippen molar-refractivity contribution < 1.29 is 14.0 Å². The van der Waals surface area contributed by atoms with Crippen LogP contribution in [0.2, 0.25) is 0 Å². The molecule has 1 heterocycles. The summed E-state index contributed by atoms with van der Waals surface area (Å²) in [6.07, 6.45) is 0.630. The summed E-state index contributed by atoms with van der Waals surface area (Å²) in [6, 6.07) is 4.26. The Bertz CT molecular complexity index is 490. The number of anilines is 1. The van der Waals surface area contributed by atoms with Crippen molar-refractivity contribution in [2.24, 2.45) is 5.73 Å². The van der Waals surface area contributed by atoms with E-state index in [1.165, 1.54) is 17.0 Å². The van der Waals surface area contributed by atoms with Gasteiger partial charge in [-0.3, -0.25) is 9.59 Å². The standard InChI is InChI=1S/C12H14FN3O2/c13-9-2-1-8-3-6-16(10(8)7-9)12(18)11(17)15-5-4-14/h1-2,7H,3-6,14H2,(H,15,17). The van der Waals surface area contributed by atoms with Gasteiger partial charge in [0.15, 0.2) is 0 Å². The van der Waals surface area contributed by atoms with Gasteiger partial charge in [-0.15, -0.1) is 0 Å². The summed E-state index contributed by atoms with van der Waals surface area (Å²) in [7, 11) is 0. The van der Waals surface area contributed by atoms with Gasteiger partial charge in [0.2, 0.25) is 0 Å². The first-order chi connectivity index (χ1) is 8.63. The van der Waals surface area contributed by atoms with Crippen molar-refractivity contribution >= 4 is 17.5 Å². The van der Waals surface area contributed by atoms with Crippen molar-refractivity contribution in [2.45, 2.75) is 6.42 Å². The highest BCUT2D eigenvalue weighted by atomic mass is 19.1. The molecular formula is C12H14FN3O2. The second-order valence-electron chi connectivity index (χ2n) is 4.02. The second-order valence-corrected chi connectivity index (χ2v) is 4.02. The number of nitrogens with two attached hydrogens (primary N) is 1. The Morgan fingerprint density at radius 1 is 1.44 bits per heavy atom. The molecule has 0 atom stereocenters. The topological polar surface area (TPSA) is 75.4 Å². The molecule has 0 spiro atoms. The van der Waals surface area contributed by atoms with Gasteiger partial charge in [0.1, 0.15) is 5.82 Å². The first kappa shape index (κ1) is 12.5. The Kier molecular flexibility index (Phi) is 3.57. The molecule has 1 aliphatic heterocycles. The SMILES string of the molecule is NCCNC(=O)C(=O)N1CCc2ccc(F)cc21. The van der Waals surface area contributed by atoms with E-state index in [1.54, 1.807) is 6.07 Å². The lowest BCUT2D eigenvalue weighted by atomic mass is 10.2. The van der Waals surface area contributed by atoms with E-state index < -0.39 is 17.6 Å². The molecule has 0 aliphatic carbocycles. The summed E-state index contributed by atoms with van der Waals surface area (Å²) in [4.78, 5) is 24.7. The van der Waals surface area contributed by atoms with Crippen molar-refractivity contribution in [1.29, 1.82) is 0 Å². The van der Waals surface area contributed by atoms with Crippen LogP contribution in [0.15, 0.2) is 18.2 Å². The molecule has 1 aromatic rings. The summed E-state index contributed by atoms with van der Waals surface area (Å²) < 4.78 is 13.1. The van der Waals surface area contributed by atoms with Crippen LogP contribution in [0.5, 0.6) is 0 Å². The quantitative estimate of drug-likeness (QED) is 0.714. The van der Waals surface area contributed by atoms with Crippen LogP contribution >= 0.6 is 0 Å². The lowest BCUT2D eigenvalue weighted by molar-refractivity contribution is -0.137. The smallest absolute Gasteiger partial charge is 0.316 e. The number of carbonyl (C=O) groups is 2. The average molecular weight is 251 g/mol. The maximum absolute atomic E-state index is 13.1. The van der Waals surface area contributed by atoms with E-state index in [1.807, 2.05) is 0 Å². The Morgan fingerprint density at radius 3 is 2.94 bits per heavy atom. The zero-order chi connectivity index (χ0) is 13.1. The first-order valence-corrected chi connectivity index (χ1v) is 5.71. The fourth-order valence-electron chi connectivity index (χ4n) is 1.95. The molecule has 2 amide bonds. The lowest BCUT2D eigenvalue weighted by Gasteiger charge is -2.16. The summed E-state index contributed by atoms with van der Waals surface area (Å²) >= 11 is 0. The van der Waals surface area contributed by atoms with Gasteiger partial charge in [-0.25, -0.2) is 4.39 Å². The number of fused-ring (bicyclic) bond motifs is 1. The predicted molar refractivity (Wildman–Crippen MR) is 64.5 cm³/mol. The van der Waals surface area contributed by atoms with Gasteiger partial charge in [-0.2, -0.15) is 0 Å². The van der Waals surface area contributed by atoms with Crippen LogP contribution in [0.3, 0.4) is 0 Å². The second kappa shape index (κ2) is 5.14. The number of halogens is 1. The van der Waals surface area contributed by atoms with Crippen molar-refractivity contribution in [3.8, 4) is 0 Å². The van der Waals surface area contributed by atoms with Crippen LogP contribution in [0.25, 0.3) is 0 Å². The van der Waals surface area contributed by atoms with E-state index in [9.17, 15) is 14.0 Å². The summed E-state index contributed by atoms with van der Waals surface area (Å²) in [5, 5.41) is 2.41. The molecule has 96 valence electrons. The molecule has 5 nitrogen and oxygen atoms in total. The molecule has 1 aromatic carbocycles. The Balaban J connectivity index is 2.15. The van der Waals surface area contributed by atoms with Gasteiger partial charge < -0.3 is 16.0 Å². The van der Waals surface area contributed by atoms with Gasteiger partial charge in [-0.1, -0.05) is 6.07 Å². The highest BCUT2D eigenvalue weighted by molar-refractivity contribution is 6.40. The molecule has 6 heteroatoms. The molecule has 3 N–H and O–H groups in total. The number of amides is 2. The van der Waals surface area contributed by atoms with Gasteiger partial charge in [0.25, 0.3) is 0 Å². The van der Waals surface area contributed by atoms with Crippen molar-refractivity contribution in [2.75, 3.05) is 24.5 Å². The number of nitrogens with zero attached hydrogens (tertiary/aromatic N) is 1. The van der Waals surface area contributed by atoms with Crippen LogP contribution in [0.1, 0.15) is 5.56 Å². The van der Waals surface area contributed by atoms with E-state index in [0.29, 0.717) is 18.7 Å². The highest BCUT2D eigenvalue weighted by Crippen LogP contribution is 2.28. The molecule has 0 bridgehead atoms. The van der Waals surface area contributed by atoms with E-state index >= 15 is 0 Å². The maximum atomic E-state index is 13.1. The van der Waals surface area contributed by atoms with Crippen molar-refractivity contribution in [3.05, 3.63) is 29.6 Å². The summed E-state index contributed by atoms with van der Waals surface area (Å²) in [5.74, 6) is -1.80. The first-order valence-electron chi connectivity index (χ1n) is 5.71. The minimum Gasteiger partial charge on any atom is -0.347 e. The third kappa shape index (κ3) is 2.33. The Morgan fingerprint density at radius 2 is 2.22 bits per heavy atom. The molecule has 0 saturated carbocycles.